The SMILES string of the molecule is O=c1cc(-c2cc3cccn3cn2)oc2ccc(OCCOc3cccnc3)cc12. The monoisotopic (exact) mass is 399 g/mol. The summed E-state index contributed by atoms with van der Waals surface area (Å²) >= 11 is 0. The third-order valence-corrected chi connectivity index (χ3v) is 4.62. The predicted octanol–water partition coefficient (Wildman–Crippen LogP) is 3.96. The van der Waals surface area contributed by atoms with Crippen molar-refractivity contribution in [3.63, 3.8) is 0 Å². The van der Waals surface area contributed by atoms with Crippen LogP contribution in [0.5, 0.6) is 11.5 Å². The highest BCUT2D eigenvalue weighted by Gasteiger charge is 2.10. The summed E-state index contributed by atoms with van der Waals surface area (Å²) in [6.45, 7) is 0.705. The van der Waals surface area contributed by atoms with Crippen LogP contribution in [0.15, 0.2) is 88.7 Å². The van der Waals surface area contributed by atoms with Crippen LogP contribution in [0.3, 0.4) is 0 Å². The zero-order valence-electron chi connectivity index (χ0n) is 15.9. The smallest absolute Gasteiger partial charge is 0.193 e. The van der Waals surface area contributed by atoms with Gasteiger partial charge in [-0.15, -0.1) is 0 Å². The van der Waals surface area contributed by atoms with Crippen molar-refractivity contribution in [3.8, 4) is 23.0 Å². The normalized spacial score (nSPS) is 11.1. The molecule has 0 radical (unpaired) electrons. The highest BCUT2D eigenvalue weighted by atomic mass is 16.5. The quantitative estimate of drug-likeness (QED) is 0.402. The minimum atomic E-state index is -0.152. The molecule has 4 aromatic heterocycles. The maximum Gasteiger partial charge on any atom is 0.193 e. The van der Waals surface area contributed by atoms with E-state index in [4.69, 9.17) is 13.9 Å². The van der Waals surface area contributed by atoms with Crippen LogP contribution < -0.4 is 14.9 Å². The maximum atomic E-state index is 12.7. The molecule has 1 aromatic carbocycles. The third kappa shape index (κ3) is 3.60. The highest BCUT2D eigenvalue weighted by Crippen LogP contribution is 2.24. The fourth-order valence-corrected chi connectivity index (χ4v) is 3.17. The molecule has 0 fully saturated rings. The molecule has 0 bridgehead atoms. The first-order valence-corrected chi connectivity index (χ1v) is 9.43. The number of rotatable bonds is 6. The molecule has 5 rings (SSSR count). The van der Waals surface area contributed by atoms with E-state index in [0.717, 1.165) is 5.52 Å². The van der Waals surface area contributed by atoms with Gasteiger partial charge in [0.05, 0.1) is 17.9 Å². The first kappa shape index (κ1) is 17.9. The van der Waals surface area contributed by atoms with Crippen molar-refractivity contribution in [1.82, 2.24) is 14.4 Å². The van der Waals surface area contributed by atoms with Gasteiger partial charge in [0.2, 0.25) is 0 Å². The van der Waals surface area contributed by atoms with Gasteiger partial charge in [0.1, 0.15) is 36.0 Å². The fraction of sp³-hybridized carbons (Fsp3) is 0.0870. The van der Waals surface area contributed by atoms with E-state index < -0.39 is 0 Å². The van der Waals surface area contributed by atoms with E-state index in [1.54, 1.807) is 43.0 Å². The largest absolute Gasteiger partial charge is 0.490 e. The lowest BCUT2D eigenvalue weighted by atomic mass is 10.2. The molecule has 30 heavy (non-hydrogen) atoms. The van der Waals surface area contributed by atoms with Gasteiger partial charge >= 0.3 is 0 Å². The Morgan fingerprint density at radius 1 is 0.967 bits per heavy atom. The molecule has 0 aliphatic carbocycles. The number of nitrogens with zero attached hydrogens (tertiary/aromatic N) is 3. The van der Waals surface area contributed by atoms with Gasteiger partial charge in [-0.05, 0) is 48.5 Å². The zero-order chi connectivity index (χ0) is 20.3. The van der Waals surface area contributed by atoms with Crippen LogP contribution in [0.1, 0.15) is 0 Å². The number of benzene rings is 1. The predicted molar refractivity (Wildman–Crippen MR) is 112 cm³/mol. The number of hydrogen-bond donors (Lipinski definition) is 0. The Labute approximate surface area is 171 Å². The number of hydrogen-bond acceptors (Lipinski definition) is 6. The maximum absolute atomic E-state index is 12.7. The molecule has 148 valence electrons. The first-order valence-electron chi connectivity index (χ1n) is 9.43. The van der Waals surface area contributed by atoms with Crippen LogP contribution in [0.25, 0.3) is 27.9 Å². The van der Waals surface area contributed by atoms with Crippen molar-refractivity contribution in [2.75, 3.05) is 13.2 Å². The molecule has 7 nitrogen and oxygen atoms in total. The molecule has 0 aliphatic heterocycles. The second kappa shape index (κ2) is 7.71. The molecule has 0 saturated heterocycles. The summed E-state index contributed by atoms with van der Waals surface area (Å²) in [5.41, 5.74) is 1.90. The average molecular weight is 399 g/mol. The summed E-state index contributed by atoms with van der Waals surface area (Å²) in [5.74, 6) is 1.68. The fourth-order valence-electron chi connectivity index (χ4n) is 3.17. The molecule has 7 heteroatoms. The Bertz CT molecular complexity index is 1380. The van der Waals surface area contributed by atoms with Crippen LogP contribution in [0.4, 0.5) is 0 Å². The van der Waals surface area contributed by atoms with Crippen molar-refractivity contribution >= 4 is 16.5 Å². The van der Waals surface area contributed by atoms with Crippen molar-refractivity contribution in [1.29, 1.82) is 0 Å². The lowest BCUT2D eigenvalue weighted by Gasteiger charge is -2.09. The molecule has 0 N–H and O–H groups in total. The summed E-state index contributed by atoms with van der Waals surface area (Å²) in [5, 5.41) is 0.452. The standard InChI is InChI=1S/C23H17N3O4/c27-21-13-23(20-11-16-3-2-8-26(16)15-25-20)30-22-6-5-17(12-19(21)22)28-9-10-29-18-4-1-7-24-14-18/h1-8,11-15H,9-10H2. The van der Waals surface area contributed by atoms with E-state index in [1.807, 2.05) is 34.9 Å². The number of ether oxygens (including phenoxy) is 2. The van der Waals surface area contributed by atoms with Crippen LogP contribution in [-0.2, 0) is 0 Å². The van der Waals surface area contributed by atoms with E-state index in [1.165, 1.54) is 6.07 Å². The van der Waals surface area contributed by atoms with Crippen LogP contribution >= 0.6 is 0 Å². The molecule has 0 unspecified atom stereocenters. The van der Waals surface area contributed by atoms with Crippen LogP contribution in [-0.4, -0.2) is 27.6 Å². The Morgan fingerprint density at radius 3 is 2.73 bits per heavy atom. The molecule has 0 spiro atoms. The van der Waals surface area contributed by atoms with Gasteiger partial charge in [0, 0.05) is 24.0 Å². The number of fused-ring (bicyclic) bond motifs is 2. The Balaban J connectivity index is 1.34. The summed E-state index contributed by atoms with van der Waals surface area (Å²) < 4.78 is 19.1. The second-order valence-corrected chi connectivity index (χ2v) is 6.63. The van der Waals surface area contributed by atoms with Crippen LogP contribution in [0.2, 0.25) is 0 Å². The molecule has 0 atom stereocenters. The minimum Gasteiger partial charge on any atom is -0.490 e. The second-order valence-electron chi connectivity index (χ2n) is 6.63. The average Bonchev–Trinajstić information content (AvgIpc) is 3.25. The van der Waals surface area contributed by atoms with Gasteiger partial charge < -0.3 is 18.3 Å². The lowest BCUT2D eigenvalue weighted by molar-refractivity contribution is 0.217. The summed E-state index contributed by atoms with van der Waals surface area (Å²) in [4.78, 5) is 21.0. The van der Waals surface area contributed by atoms with Crippen LogP contribution in [0, 0.1) is 0 Å². The molecule has 0 aliphatic rings. The van der Waals surface area contributed by atoms with Gasteiger partial charge in [0.25, 0.3) is 0 Å². The van der Waals surface area contributed by atoms with Gasteiger partial charge in [-0.2, -0.15) is 0 Å². The van der Waals surface area contributed by atoms with Gasteiger partial charge in [-0.1, -0.05) is 0 Å². The first-order chi connectivity index (χ1) is 14.8. The Morgan fingerprint density at radius 2 is 1.87 bits per heavy atom. The van der Waals surface area contributed by atoms with Gasteiger partial charge in [0.15, 0.2) is 11.2 Å². The summed E-state index contributed by atoms with van der Waals surface area (Å²) in [6, 6.07) is 16.0. The van der Waals surface area contributed by atoms with Gasteiger partial charge in [-0.25, -0.2) is 4.98 Å². The van der Waals surface area contributed by atoms with Crippen molar-refractivity contribution in [3.05, 3.63) is 89.7 Å². The lowest BCUT2D eigenvalue weighted by Crippen LogP contribution is -2.09. The Kier molecular flexibility index (Phi) is 4.61. The van der Waals surface area contributed by atoms with Crippen molar-refractivity contribution in [2.24, 2.45) is 0 Å². The number of pyridine rings is 1. The minimum absolute atomic E-state index is 0.152. The molecule has 0 saturated carbocycles. The third-order valence-electron chi connectivity index (χ3n) is 4.62. The van der Waals surface area contributed by atoms with E-state index in [-0.39, 0.29) is 5.43 Å². The van der Waals surface area contributed by atoms with E-state index >= 15 is 0 Å². The summed E-state index contributed by atoms with van der Waals surface area (Å²) in [6.07, 6.45) is 6.93. The molecular formula is C23H17N3O4. The topological polar surface area (TPSA) is 78.9 Å². The summed E-state index contributed by atoms with van der Waals surface area (Å²) in [7, 11) is 0. The van der Waals surface area contributed by atoms with Crippen molar-refractivity contribution in [2.45, 2.75) is 0 Å². The zero-order valence-corrected chi connectivity index (χ0v) is 15.9. The molecule has 4 heterocycles. The van der Waals surface area contributed by atoms with Gasteiger partial charge in [-0.3, -0.25) is 9.78 Å². The highest BCUT2D eigenvalue weighted by molar-refractivity contribution is 5.80. The van der Waals surface area contributed by atoms with E-state index in [0.29, 0.717) is 47.1 Å². The molecule has 0 amide bonds. The van der Waals surface area contributed by atoms with E-state index in [2.05, 4.69) is 9.97 Å². The number of aromatic nitrogens is 3. The molecule has 5 aromatic rings. The Hall–Kier alpha value is -4.13. The molecular weight excluding hydrogens is 382 g/mol. The van der Waals surface area contributed by atoms with E-state index in [9.17, 15) is 4.79 Å². The van der Waals surface area contributed by atoms with Crippen molar-refractivity contribution < 1.29 is 13.9 Å².